The van der Waals surface area contributed by atoms with E-state index in [1.807, 2.05) is 32.0 Å². The summed E-state index contributed by atoms with van der Waals surface area (Å²) in [7, 11) is 3.24. The number of amides is 1. The number of carbonyl (C=O) groups is 1. The lowest BCUT2D eigenvalue weighted by molar-refractivity contribution is -0.114. The van der Waals surface area contributed by atoms with Gasteiger partial charge in [0.25, 0.3) is 0 Å². The van der Waals surface area contributed by atoms with Crippen LogP contribution in [0.3, 0.4) is 0 Å². The fourth-order valence-electron chi connectivity index (χ4n) is 3.93. The number of benzene rings is 2. The summed E-state index contributed by atoms with van der Waals surface area (Å²) in [6, 6.07) is 7.54. The maximum atomic E-state index is 11.6. The molecule has 3 aromatic rings. The zero-order valence-electron chi connectivity index (χ0n) is 17.2. The van der Waals surface area contributed by atoms with Gasteiger partial charge >= 0.3 is 0 Å². The highest BCUT2D eigenvalue weighted by Crippen LogP contribution is 2.45. The molecule has 1 amide bonds. The zero-order valence-corrected chi connectivity index (χ0v) is 17.2. The summed E-state index contributed by atoms with van der Waals surface area (Å²) >= 11 is 0. The number of rotatable bonds is 5. The van der Waals surface area contributed by atoms with Gasteiger partial charge in [-0.2, -0.15) is 0 Å². The normalized spacial score (nSPS) is 17.7. The molecule has 4 rings (SSSR count). The van der Waals surface area contributed by atoms with Crippen molar-refractivity contribution in [1.29, 1.82) is 0 Å². The fourth-order valence-corrected chi connectivity index (χ4v) is 3.93. The van der Waals surface area contributed by atoms with Crippen molar-refractivity contribution < 1.29 is 23.4 Å². The molecule has 152 valence electrons. The Balaban J connectivity index is 1.71. The number of nitrogens with one attached hydrogen (secondary N) is 1. The van der Waals surface area contributed by atoms with Crippen LogP contribution in [0.4, 0.5) is 5.69 Å². The fraction of sp³-hybridized carbons (Fsp3) is 0.364. The first-order valence-corrected chi connectivity index (χ1v) is 9.42. The molecule has 1 atom stereocenters. The van der Waals surface area contributed by atoms with Gasteiger partial charge in [-0.05, 0) is 19.1 Å². The molecular formula is C22H24N2O5. The van der Waals surface area contributed by atoms with Gasteiger partial charge in [-0.1, -0.05) is 0 Å². The molecule has 0 spiro atoms. The number of ether oxygens (including phenoxy) is 3. The standard InChI is InChI=1S/C22H24N2O5/c1-12(25)23-19-9-17(27-5)7-15-11-22(3,29-21(15)19)10-14-6-16(26-4)8-18-20(14)28-13(2)24-18/h6-9H,10-11H2,1-5H3,(H,23,25). The maximum Gasteiger partial charge on any atom is 0.221 e. The Morgan fingerprint density at radius 1 is 1.21 bits per heavy atom. The molecule has 0 fully saturated rings. The number of aryl methyl sites for hydroxylation is 1. The van der Waals surface area contributed by atoms with E-state index in [-0.39, 0.29) is 5.91 Å². The smallest absolute Gasteiger partial charge is 0.221 e. The summed E-state index contributed by atoms with van der Waals surface area (Å²) in [5.41, 5.74) is 3.54. The van der Waals surface area contributed by atoms with Crippen LogP contribution in [-0.4, -0.2) is 30.7 Å². The highest BCUT2D eigenvalue weighted by molar-refractivity contribution is 5.91. The van der Waals surface area contributed by atoms with Crippen LogP contribution in [0.5, 0.6) is 17.2 Å². The molecule has 1 aliphatic heterocycles. The number of aromatic nitrogens is 1. The van der Waals surface area contributed by atoms with Crippen LogP contribution < -0.4 is 19.5 Å². The van der Waals surface area contributed by atoms with Gasteiger partial charge in [0.2, 0.25) is 5.91 Å². The third-order valence-electron chi connectivity index (χ3n) is 5.05. The Bertz CT molecular complexity index is 1100. The number of nitrogens with zero attached hydrogens (tertiary/aromatic N) is 1. The van der Waals surface area contributed by atoms with Crippen molar-refractivity contribution in [3.8, 4) is 17.2 Å². The second-order valence-electron chi connectivity index (χ2n) is 7.62. The lowest BCUT2D eigenvalue weighted by atomic mass is 9.91. The van der Waals surface area contributed by atoms with Crippen molar-refractivity contribution >= 4 is 22.7 Å². The van der Waals surface area contributed by atoms with E-state index in [0.29, 0.717) is 35.9 Å². The van der Waals surface area contributed by atoms with E-state index in [4.69, 9.17) is 18.6 Å². The van der Waals surface area contributed by atoms with Gasteiger partial charge in [0.15, 0.2) is 11.5 Å². The molecule has 0 bridgehead atoms. The van der Waals surface area contributed by atoms with E-state index in [1.165, 1.54) is 6.92 Å². The third kappa shape index (κ3) is 3.60. The molecule has 1 N–H and O–H groups in total. The number of hydrogen-bond donors (Lipinski definition) is 1. The highest BCUT2D eigenvalue weighted by Gasteiger charge is 2.38. The largest absolute Gasteiger partial charge is 0.497 e. The zero-order chi connectivity index (χ0) is 20.8. The van der Waals surface area contributed by atoms with Gasteiger partial charge in [-0.15, -0.1) is 0 Å². The summed E-state index contributed by atoms with van der Waals surface area (Å²) in [6.07, 6.45) is 1.25. The summed E-state index contributed by atoms with van der Waals surface area (Å²) in [5.74, 6) is 2.52. The summed E-state index contributed by atoms with van der Waals surface area (Å²) in [6.45, 7) is 5.34. The average Bonchev–Trinajstić information content (AvgIpc) is 3.19. The number of oxazole rings is 1. The van der Waals surface area contributed by atoms with E-state index in [1.54, 1.807) is 20.3 Å². The van der Waals surface area contributed by atoms with Gasteiger partial charge in [0, 0.05) is 49.9 Å². The van der Waals surface area contributed by atoms with Crippen LogP contribution in [0.25, 0.3) is 11.1 Å². The third-order valence-corrected chi connectivity index (χ3v) is 5.05. The first kappa shape index (κ1) is 19.1. The first-order valence-electron chi connectivity index (χ1n) is 9.42. The van der Waals surface area contributed by atoms with Gasteiger partial charge in [-0.25, -0.2) is 4.98 Å². The second-order valence-corrected chi connectivity index (χ2v) is 7.62. The Labute approximate surface area is 169 Å². The SMILES string of the molecule is COc1cc2c(c(NC(C)=O)c1)OC(C)(Cc1cc(OC)cc3nc(C)oc13)C2. The Hall–Kier alpha value is -3.22. The number of carbonyl (C=O) groups excluding carboxylic acids is 1. The van der Waals surface area contributed by atoms with Gasteiger partial charge in [0.1, 0.15) is 28.4 Å². The predicted molar refractivity (Wildman–Crippen MR) is 109 cm³/mol. The van der Waals surface area contributed by atoms with Crippen LogP contribution in [-0.2, 0) is 17.6 Å². The molecule has 2 heterocycles. The van der Waals surface area contributed by atoms with Crippen LogP contribution in [0.15, 0.2) is 28.7 Å². The van der Waals surface area contributed by atoms with E-state index >= 15 is 0 Å². The first-order chi connectivity index (χ1) is 13.8. The molecule has 7 heteroatoms. The van der Waals surface area contributed by atoms with E-state index in [9.17, 15) is 4.79 Å². The average molecular weight is 396 g/mol. The van der Waals surface area contributed by atoms with E-state index < -0.39 is 5.60 Å². The number of hydrogen-bond acceptors (Lipinski definition) is 6. The number of methoxy groups -OCH3 is 2. The molecular weight excluding hydrogens is 372 g/mol. The minimum Gasteiger partial charge on any atom is -0.497 e. The molecule has 0 saturated carbocycles. The summed E-state index contributed by atoms with van der Waals surface area (Å²) < 4.78 is 23.1. The molecule has 1 aromatic heterocycles. The Morgan fingerprint density at radius 2 is 1.93 bits per heavy atom. The van der Waals surface area contributed by atoms with Gasteiger partial charge in [-0.3, -0.25) is 4.79 Å². The molecule has 1 unspecified atom stereocenters. The van der Waals surface area contributed by atoms with Crippen LogP contribution in [0, 0.1) is 6.92 Å². The quantitative estimate of drug-likeness (QED) is 0.701. The molecule has 0 radical (unpaired) electrons. The molecule has 7 nitrogen and oxygen atoms in total. The molecule has 0 saturated heterocycles. The van der Waals surface area contributed by atoms with Crippen molar-refractivity contribution in [2.75, 3.05) is 19.5 Å². The predicted octanol–water partition coefficient (Wildman–Crippen LogP) is 4.05. The number of fused-ring (bicyclic) bond motifs is 2. The minimum absolute atomic E-state index is 0.163. The highest BCUT2D eigenvalue weighted by atomic mass is 16.5. The Kier molecular flexibility index (Phi) is 4.61. The molecule has 0 aliphatic carbocycles. The summed E-state index contributed by atoms with van der Waals surface area (Å²) in [5, 5.41) is 2.84. The topological polar surface area (TPSA) is 82.8 Å². The second kappa shape index (κ2) is 6.99. The van der Waals surface area contributed by atoms with Crippen molar-refractivity contribution in [2.45, 2.75) is 39.2 Å². The number of anilines is 1. The van der Waals surface area contributed by atoms with E-state index in [0.717, 1.165) is 28.0 Å². The minimum atomic E-state index is -0.526. The van der Waals surface area contributed by atoms with Crippen molar-refractivity contribution in [1.82, 2.24) is 4.98 Å². The van der Waals surface area contributed by atoms with Crippen molar-refractivity contribution in [2.24, 2.45) is 0 Å². The van der Waals surface area contributed by atoms with Crippen molar-refractivity contribution in [3.05, 3.63) is 41.3 Å². The lowest BCUT2D eigenvalue weighted by Gasteiger charge is -2.24. The lowest BCUT2D eigenvalue weighted by Crippen LogP contribution is -2.33. The van der Waals surface area contributed by atoms with Gasteiger partial charge in [0.05, 0.1) is 19.9 Å². The van der Waals surface area contributed by atoms with Crippen LogP contribution >= 0.6 is 0 Å². The molecule has 1 aliphatic rings. The molecule has 29 heavy (non-hydrogen) atoms. The summed E-state index contributed by atoms with van der Waals surface area (Å²) in [4.78, 5) is 16.1. The van der Waals surface area contributed by atoms with Crippen LogP contribution in [0.1, 0.15) is 30.9 Å². The molecule has 2 aromatic carbocycles. The van der Waals surface area contributed by atoms with Crippen LogP contribution in [0.2, 0.25) is 0 Å². The maximum absolute atomic E-state index is 11.6. The monoisotopic (exact) mass is 396 g/mol. The van der Waals surface area contributed by atoms with E-state index in [2.05, 4.69) is 10.3 Å². The van der Waals surface area contributed by atoms with Crippen molar-refractivity contribution in [3.63, 3.8) is 0 Å². The Morgan fingerprint density at radius 3 is 2.62 bits per heavy atom. The van der Waals surface area contributed by atoms with Gasteiger partial charge < -0.3 is 23.9 Å².